The number of allylic oxidation sites excluding steroid dienone is 1. The molecule has 0 aromatic heterocycles. The lowest BCUT2D eigenvalue weighted by Gasteiger charge is -2.05. The number of ketones is 1. The van der Waals surface area contributed by atoms with Gasteiger partial charge in [0.25, 0.3) is 0 Å². The summed E-state index contributed by atoms with van der Waals surface area (Å²) in [6, 6.07) is 20.1. The normalized spacial score (nSPS) is 10.7. The first kappa shape index (κ1) is 18.9. The minimum atomic E-state index is -0.452. The second-order valence-electron chi connectivity index (χ2n) is 5.64. The maximum atomic E-state index is 12.3. The van der Waals surface area contributed by atoms with Gasteiger partial charge < -0.3 is 4.74 Å². The van der Waals surface area contributed by atoms with Gasteiger partial charge >= 0.3 is 5.97 Å². The average Bonchev–Trinajstić information content (AvgIpc) is 2.68. The first-order valence-electron chi connectivity index (χ1n) is 8.08. The number of halogens is 2. The summed E-state index contributed by atoms with van der Waals surface area (Å²) < 4.78 is 5.29. The molecule has 134 valence electrons. The fraction of sp³-hybridized carbons (Fsp3) is 0. The maximum Gasteiger partial charge on any atom is 0.343 e. The van der Waals surface area contributed by atoms with Crippen molar-refractivity contribution in [2.24, 2.45) is 0 Å². The van der Waals surface area contributed by atoms with Crippen LogP contribution in [0.2, 0.25) is 10.0 Å². The summed E-state index contributed by atoms with van der Waals surface area (Å²) in [7, 11) is 0. The van der Waals surface area contributed by atoms with E-state index in [1.165, 1.54) is 6.08 Å². The van der Waals surface area contributed by atoms with E-state index in [2.05, 4.69) is 0 Å². The summed E-state index contributed by atoms with van der Waals surface area (Å²) in [5.74, 6) is -0.279. The van der Waals surface area contributed by atoms with Crippen molar-refractivity contribution in [3.63, 3.8) is 0 Å². The fourth-order valence-corrected chi connectivity index (χ4v) is 2.80. The zero-order valence-electron chi connectivity index (χ0n) is 14.1. The molecule has 3 aromatic rings. The molecule has 0 fully saturated rings. The Kier molecular flexibility index (Phi) is 6.07. The van der Waals surface area contributed by atoms with Crippen molar-refractivity contribution in [2.75, 3.05) is 0 Å². The molecular weight excluding hydrogens is 383 g/mol. The van der Waals surface area contributed by atoms with Crippen LogP contribution >= 0.6 is 23.2 Å². The topological polar surface area (TPSA) is 43.4 Å². The van der Waals surface area contributed by atoms with Gasteiger partial charge in [-0.3, -0.25) is 4.79 Å². The van der Waals surface area contributed by atoms with Crippen LogP contribution < -0.4 is 4.74 Å². The first-order valence-corrected chi connectivity index (χ1v) is 8.83. The molecule has 27 heavy (non-hydrogen) atoms. The number of rotatable bonds is 5. The number of hydrogen-bond donors (Lipinski definition) is 0. The Morgan fingerprint density at radius 3 is 2.19 bits per heavy atom. The van der Waals surface area contributed by atoms with Crippen molar-refractivity contribution >= 4 is 41.0 Å². The lowest BCUT2D eigenvalue weighted by molar-refractivity contribution is 0.0734. The number of carbonyl (C=O) groups excluding carboxylic acids is 2. The van der Waals surface area contributed by atoms with Crippen LogP contribution in [0.1, 0.15) is 26.3 Å². The van der Waals surface area contributed by atoms with E-state index in [1.807, 2.05) is 6.07 Å². The molecule has 0 unspecified atom stereocenters. The summed E-state index contributed by atoms with van der Waals surface area (Å²) in [4.78, 5) is 24.3. The molecule has 0 N–H and O–H groups in total. The number of benzene rings is 3. The minimum absolute atomic E-state index is 0.193. The van der Waals surface area contributed by atoms with Crippen molar-refractivity contribution in [1.82, 2.24) is 0 Å². The van der Waals surface area contributed by atoms with Crippen molar-refractivity contribution < 1.29 is 14.3 Å². The molecule has 0 atom stereocenters. The van der Waals surface area contributed by atoms with Gasteiger partial charge in [0.05, 0.1) is 5.56 Å². The van der Waals surface area contributed by atoms with Crippen LogP contribution in [0.3, 0.4) is 0 Å². The summed E-state index contributed by atoms with van der Waals surface area (Å²) in [5, 5.41) is 0.999. The summed E-state index contributed by atoms with van der Waals surface area (Å²) in [5.41, 5.74) is 1.62. The Bertz CT molecular complexity index is 994. The van der Waals surface area contributed by atoms with Crippen molar-refractivity contribution in [2.45, 2.75) is 0 Å². The predicted molar refractivity (Wildman–Crippen MR) is 108 cm³/mol. The molecule has 0 aliphatic carbocycles. The molecule has 0 bridgehead atoms. The molecule has 0 amide bonds. The Morgan fingerprint density at radius 2 is 1.52 bits per heavy atom. The molecule has 0 aliphatic heterocycles. The van der Waals surface area contributed by atoms with Crippen LogP contribution in [0.15, 0.2) is 78.9 Å². The van der Waals surface area contributed by atoms with E-state index in [9.17, 15) is 9.59 Å². The Morgan fingerprint density at radius 1 is 0.815 bits per heavy atom. The van der Waals surface area contributed by atoms with Crippen LogP contribution in [0.4, 0.5) is 0 Å². The molecule has 5 heteroatoms. The lowest BCUT2D eigenvalue weighted by Crippen LogP contribution is -2.08. The maximum absolute atomic E-state index is 12.3. The average molecular weight is 397 g/mol. The van der Waals surface area contributed by atoms with Gasteiger partial charge in [-0.2, -0.15) is 0 Å². The summed E-state index contributed by atoms with van der Waals surface area (Å²) in [6.45, 7) is 0. The fourth-order valence-electron chi connectivity index (χ4n) is 2.33. The van der Waals surface area contributed by atoms with Crippen molar-refractivity contribution in [3.8, 4) is 5.75 Å². The van der Waals surface area contributed by atoms with Gasteiger partial charge in [0, 0.05) is 15.6 Å². The molecule has 0 radical (unpaired) electrons. The van der Waals surface area contributed by atoms with Gasteiger partial charge in [0.1, 0.15) is 5.75 Å². The SMILES string of the molecule is O=C(/C=C/c1ccc(Cl)cc1Cl)c1ccc(OC(=O)c2ccccc2)cc1. The lowest BCUT2D eigenvalue weighted by atomic mass is 10.1. The number of esters is 1. The van der Waals surface area contributed by atoms with E-state index in [1.54, 1.807) is 72.8 Å². The number of carbonyl (C=O) groups is 2. The Labute approximate surface area is 166 Å². The van der Waals surface area contributed by atoms with E-state index < -0.39 is 5.97 Å². The standard InChI is InChI=1S/C22H14Cl2O3/c23-18-10-6-15(20(24)14-18)9-13-21(25)16-7-11-19(12-8-16)27-22(26)17-4-2-1-3-5-17/h1-14H/b13-9+. The molecule has 3 aromatic carbocycles. The van der Waals surface area contributed by atoms with Gasteiger partial charge in [-0.15, -0.1) is 0 Å². The quantitative estimate of drug-likeness (QED) is 0.226. The van der Waals surface area contributed by atoms with Crippen LogP contribution in [-0.4, -0.2) is 11.8 Å². The van der Waals surface area contributed by atoms with Crippen LogP contribution in [-0.2, 0) is 0 Å². The molecule has 0 aliphatic rings. The molecule has 0 saturated heterocycles. The number of ether oxygens (including phenoxy) is 1. The highest BCUT2D eigenvalue weighted by Crippen LogP contribution is 2.22. The zero-order valence-corrected chi connectivity index (χ0v) is 15.6. The highest BCUT2D eigenvalue weighted by molar-refractivity contribution is 6.35. The van der Waals surface area contributed by atoms with Crippen LogP contribution in [0.25, 0.3) is 6.08 Å². The smallest absolute Gasteiger partial charge is 0.343 e. The van der Waals surface area contributed by atoms with Crippen molar-refractivity contribution in [3.05, 3.63) is 106 Å². The molecule has 0 saturated carbocycles. The van der Waals surface area contributed by atoms with Gasteiger partial charge in [-0.25, -0.2) is 4.79 Å². The van der Waals surface area contributed by atoms with E-state index in [0.29, 0.717) is 32.5 Å². The largest absolute Gasteiger partial charge is 0.423 e. The van der Waals surface area contributed by atoms with E-state index in [4.69, 9.17) is 27.9 Å². The third-order valence-electron chi connectivity index (χ3n) is 3.74. The summed E-state index contributed by atoms with van der Waals surface area (Å²) >= 11 is 11.9. The van der Waals surface area contributed by atoms with Gasteiger partial charge in [0.2, 0.25) is 0 Å². The molecule has 3 rings (SSSR count). The highest BCUT2D eigenvalue weighted by Gasteiger charge is 2.09. The van der Waals surface area contributed by atoms with Gasteiger partial charge in [-0.1, -0.05) is 47.5 Å². The minimum Gasteiger partial charge on any atom is -0.423 e. The number of hydrogen-bond acceptors (Lipinski definition) is 3. The third-order valence-corrected chi connectivity index (χ3v) is 4.30. The molecular formula is C22H14Cl2O3. The van der Waals surface area contributed by atoms with Crippen LogP contribution in [0.5, 0.6) is 5.75 Å². The first-order chi connectivity index (χ1) is 13.0. The van der Waals surface area contributed by atoms with E-state index >= 15 is 0 Å². The zero-order chi connectivity index (χ0) is 19.2. The highest BCUT2D eigenvalue weighted by atomic mass is 35.5. The predicted octanol–water partition coefficient (Wildman–Crippen LogP) is 6.11. The van der Waals surface area contributed by atoms with Crippen LogP contribution in [0, 0.1) is 0 Å². The molecule has 0 spiro atoms. The van der Waals surface area contributed by atoms with E-state index in [-0.39, 0.29) is 5.78 Å². The Hall–Kier alpha value is -2.88. The second-order valence-corrected chi connectivity index (χ2v) is 6.49. The third kappa shape index (κ3) is 5.07. The molecule has 0 heterocycles. The second kappa shape index (κ2) is 8.67. The monoisotopic (exact) mass is 396 g/mol. The van der Waals surface area contributed by atoms with E-state index in [0.717, 1.165) is 0 Å². The Balaban J connectivity index is 1.66. The van der Waals surface area contributed by atoms with Gasteiger partial charge in [0.15, 0.2) is 5.78 Å². The van der Waals surface area contributed by atoms with Gasteiger partial charge in [-0.05, 0) is 66.2 Å². The molecule has 3 nitrogen and oxygen atoms in total. The summed E-state index contributed by atoms with van der Waals surface area (Å²) in [6.07, 6.45) is 3.06. The van der Waals surface area contributed by atoms with Crippen molar-refractivity contribution in [1.29, 1.82) is 0 Å².